The molecule has 4 heteroatoms. The molecule has 0 aliphatic rings. The van der Waals surface area contributed by atoms with Gasteiger partial charge in [-0.2, -0.15) is 0 Å². The van der Waals surface area contributed by atoms with Crippen molar-refractivity contribution >= 4 is 11.6 Å². The van der Waals surface area contributed by atoms with Gasteiger partial charge in [-0.3, -0.25) is 0 Å². The van der Waals surface area contributed by atoms with E-state index in [1.807, 2.05) is 52.8 Å². The van der Waals surface area contributed by atoms with Crippen molar-refractivity contribution in [2.24, 2.45) is 0 Å². The van der Waals surface area contributed by atoms with Crippen molar-refractivity contribution in [1.82, 2.24) is 4.98 Å². The number of rotatable bonds is 3. The third kappa shape index (κ3) is 6.30. The van der Waals surface area contributed by atoms with E-state index in [1.54, 1.807) is 6.20 Å². The Kier molecular flexibility index (Phi) is 9.63. The molecular formula is C15H22ClNO2. The van der Waals surface area contributed by atoms with Crippen molar-refractivity contribution in [3.63, 3.8) is 0 Å². The minimum absolute atomic E-state index is 0.287. The molecule has 19 heavy (non-hydrogen) atoms. The zero-order valence-electron chi connectivity index (χ0n) is 12.2. The third-order valence-corrected chi connectivity index (χ3v) is 2.22. The number of halogens is 1. The van der Waals surface area contributed by atoms with Crippen LogP contribution < -0.4 is 4.74 Å². The quantitative estimate of drug-likeness (QED) is 0.770. The molecule has 0 amide bonds. The third-order valence-electron chi connectivity index (χ3n) is 1.92. The van der Waals surface area contributed by atoms with E-state index in [-0.39, 0.29) is 6.61 Å². The minimum atomic E-state index is 0.287. The fourth-order valence-electron chi connectivity index (χ4n) is 1.19. The van der Waals surface area contributed by atoms with E-state index < -0.39 is 0 Å². The Hall–Kier alpha value is -1.48. The van der Waals surface area contributed by atoms with Gasteiger partial charge in [0, 0.05) is 0 Å². The number of aromatic nitrogens is 1. The molecule has 0 saturated heterocycles. The summed E-state index contributed by atoms with van der Waals surface area (Å²) in [5.41, 5.74) is 1.10. The lowest BCUT2D eigenvalue weighted by Crippen LogP contribution is -1.96. The lowest BCUT2D eigenvalue weighted by molar-refractivity contribution is 0.263. The Balaban J connectivity index is 0.000000741. The summed E-state index contributed by atoms with van der Waals surface area (Å²) in [7, 11) is 0. The van der Waals surface area contributed by atoms with E-state index >= 15 is 0 Å². The lowest BCUT2D eigenvalue weighted by atomic mass is 10.2. The van der Waals surface area contributed by atoms with Crippen LogP contribution in [0.1, 0.15) is 39.1 Å². The van der Waals surface area contributed by atoms with Crippen LogP contribution >= 0.6 is 11.6 Å². The zero-order valence-corrected chi connectivity index (χ0v) is 13.0. The smallest absolute Gasteiger partial charge is 0.232 e. The fourth-order valence-corrected chi connectivity index (χ4v) is 1.48. The predicted molar refractivity (Wildman–Crippen MR) is 79.7 cm³/mol. The number of benzene rings is 1. The summed E-state index contributed by atoms with van der Waals surface area (Å²) in [4.78, 5) is 3.94. The van der Waals surface area contributed by atoms with E-state index in [0.29, 0.717) is 16.7 Å². The van der Waals surface area contributed by atoms with Gasteiger partial charge in [0.25, 0.3) is 0 Å². The summed E-state index contributed by atoms with van der Waals surface area (Å²) < 4.78 is 10.5. The Bertz CT molecular complexity index is 441. The van der Waals surface area contributed by atoms with E-state index in [1.165, 1.54) is 6.26 Å². The standard InChI is InChI=1S/C11H10ClNO2.2C2H6/c1-8-2-3-10(9(12)6-8)15-7-11-13-4-5-14-11;2*1-2/h2-6H,7H2,1H3;2*1-2H3. The van der Waals surface area contributed by atoms with Gasteiger partial charge in [0.05, 0.1) is 11.2 Å². The molecule has 0 radical (unpaired) electrons. The Labute approximate surface area is 120 Å². The van der Waals surface area contributed by atoms with Crippen molar-refractivity contribution in [2.75, 3.05) is 0 Å². The second-order valence-corrected chi connectivity index (χ2v) is 3.56. The molecule has 0 fully saturated rings. The molecule has 0 aliphatic heterocycles. The maximum Gasteiger partial charge on any atom is 0.232 e. The summed E-state index contributed by atoms with van der Waals surface area (Å²) in [6.07, 6.45) is 3.09. The van der Waals surface area contributed by atoms with Crippen LogP contribution in [0.3, 0.4) is 0 Å². The largest absolute Gasteiger partial charge is 0.482 e. The predicted octanol–water partition coefficient (Wildman–Crippen LogP) is 5.27. The number of hydrogen-bond acceptors (Lipinski definition) is 3. The highest BCUT2D eigenvalue weighted by Crippen LogP contribution is 2.25. The number of oxazole rings is 1. The molecule has 2 rings (SSSR count). The van der Waals surface area contributed by atoms with Gasteiger partial charge in [-0.1, -0.05) is 45.4 Å². The average molecular weight is 284 g/mol. The van der Waals surface area contributed by atoms with Gasteiger partial charge < -0.3 is 9.15 Å². The topological polar surface area (TPSA) is 35.3 Å². The molecule has 0 aliphatic carbocycles. The summed E-state index contributed by atoms with van der Waals surface area (Å²) in [6, 6.07) is 5.63. The Morgan fingerprint density at radius 3 is 2.42 bits per heavy atom. The van der Waals surface area contributed by atoms with Crippen molar-refractivity contribution in [3.8, 4) is 5.75 Å². The van der Waals surface area contributed by atoms with Gasteiger partial charge in [-0.15, -0.1) is 0 Å². The highest BCUT2D eigenvalue weighted by atomic mass is 35.5. The monoisotopic (exact) mass is 283 g/mol. The van der Waals surface area contributed by atoms with Crippen LogP contribution in [0, 0.1) is 6.92 Å². The number of ether oxygens (including phenoxy) is 1. The Morgan fingerprint density at radius 1 is 1.21 bits per heavy atom. The van der Waals surface area contributed by atoms with E-state index in [2.05, 4.69) is 4.98 Å². The van der Waals surface area contributed by atoms with Crippen LogP contribution in [0.5, 0.6) is 5.75 Å². The van der Waals surface area contributed by atoms with Gasteiger partial charge in [0.1, 0.15) is 12.0 Å². The molecule has 3 nitrogen and oxygen atoms in total. The number of aryl methyl sites for hydroxylation is 1. The number of hydrogen-bond donors (Lipinski definition) is 0. The van der Waals surface area contributed by atoms with Gasteiger partial charge >= 0.3 is 0 Å². The van der Waals surface area contributed by atoms with Gasteiger partial charge in [-0.25, -0.2) is 4.98 Å². The molecule has 0 saturated carbocycles. The molecule has 0 bridgehead atoms. The molecule has 1 aromatic heterocycles. The first-order valence-corrected chi connectivity index (χ1v) is 6.91. The highest BCUT2D eigenvalue weighted by molar-refractivity contribution is 6.32. The van der Waals surface area contributed by atoms with Gasteiger partial charge in [-0.05, 0) is 24.6 Å². The van der Waals surface area contributed by atoms with Gasteiger partial charge in [0.15, 0.2) is 6.61 Å². The van der Waals surface area contributed by atoms with Crippen LogP contribution in [0.2, 0.25) is 5.02 Å². The molecule has 0 N–H and O–H groups in total. The van der Waals surface area contributed by atoms with Crippen LogP contribution in [-0.2, 0) is 6.61 Å². The summed E-state index contributed by atoms with van der Waals surface area (Å²) in [5.74, 6) is 1.17. The summed E-state index contributed by atoms with van der Waals surface area (Å²) >= 11 is 5.99. The maximum absolute atomic E-state index is 5.99. The molecule has 0 spiro atoms. The van der Waals surface area contributed by atoms with Crippen molar-refractivity contribution in [3.05, 3.63) is 47.1 Å². The van der Waals surface area contributed by atoms with Crippen LogP contribution in [-0.4, -0.2) is 4.98 Å². The Morgan fingerprint density at radius 2 is 1.89 bits per heavy atom. The van der Waals surface area contributed by atoms with Crippen molar-refractivity contribution < 1.29 is 9.15 Å². The molecule has 106 valence electrons. The fraction of sp³-hybridized carbons (Fsp3) is 0.400. The SMILES string of the molecule is CC.CC.Cc1ccc(OCc2ncco2)c(Cl)c1. The van der Waals surface area contributed by atoms with Gasteiger partial charge in [0.2, 0.25) is 5.89 Å². The second-order valence-electron chi connectivity index (χ2n) is 3.15. The molecular weight excluding hydrogens is 262 g/mol. The summed E-state index contributed by atoms with van der Waals surface area (Å²) in [6.45, 7) is 10.3. The van der Waals surface area contributed by atoms with Crippen LogP contribution in [0.15, 0.2) is 35.1 Å². The van der Waals surface area contributed by atoms with E-state index in [9.17, 15) is 0 Å². The molecule has 0 atom stereocenters. The molecule has 2 aromatic rings. The number of nitrogens with zero attached hydrogens (tertiary/aromatic N) is 1. The second kappa shape index (κ2) is 10.4. The van der Waals surface area contributed by atoms with Crippen molar-refractivity contribution in [1.29, 1.82) is 0 Å². The average Bonchev–Trinajstić information content (AvgIpc) is 2.96. The first-order chi connectivity index (χ1) is 9.25. The summed E-state index contributed by atoms with van der Waals surface area (Å²) in [5, 5.41) is 0.599. The lowest BCUT2D eigenvalue weighted by Gasteiger charge is -2.06. The zero-order chi connectivity index (χ0) is 14.7. The molecule has 1 aromatic carbocycles. The highest BCUT2D eigenvalue weighted by Gasteiger charge is 2.03. The van der Waals surface area contributed by atoms with Crippen LogP contribution in [0.4, 0.5) is 0 Å². The molecule has 0 unspecified atom stereocenters. The first kappa shape index (κ1) is 17.5. The van der Waals surface area contributed by atoms with Crippen LogP contribution in [0.25, 0.3) is 0 Å². The van der Waals surface area contributed by atoms with Crippen molar-refractivity contribution in [2.45, 2.75) is 41.2 Å². The minimum Gasteiger partial charge on any atom is -0.482 e. The normalized spacial score (nSPS) is 8.74. The maximum atomic E-state index is 5.99. The molecule has 1 heterocycles. The first-order valence-electron chi connectivity index (χ1n) is 6.53. The van der Waals surface area contributed by atoms with E-state index in [4.69, 9.17) is 20.8 Å². The van der Waals surface area contributed by atoms with E-state index in [0.717, 1.165) is 5.56 Å².